The number of hydrogen-bond acceptors (Lipinski definition) is 2. The monoisotopic (exact) mass is 372 g/mol. The molecule has 0 radical (unpaired) electrons. The Labute approximate surface area is 167 Å². The Kier molecular flexibility index (Phi) is 10.6. The van der Waals surface area contributed by atoms with Crippen LogP contribution >= 0.6 is 0 Å². The fourth-order valence-corrected chi connectivity index (χ4v) is 3.30. The lowest BCUT2D eigenvalue weighted by Gasteiger charge is -2.36. The van der Waals surface area contributed by atoms with Gasteiger partial charge in [-0.2, -0.15) is 0 Å². The van der Waals surface area contributed by atoms with Gasteiger partial charge in [-0.15, -0.1) is 6.42 Å². The summed E-state index contributed by atoms with van der Waals surface area (Å²) in [6, 6.07) is 7.55. The average Bonchev–Trinajstić information content (AvgIpc) is 2.65. The smallest absolute Gasteiger partial charge is 0.155 e. The molecule has 1 aromatic rings. The maximum absolute atomic E-state index is 10.8. The first-order valence-corrected chi connectivity index (χ1v) is 10.8. The summed E-state index contributed by atoms with van der Waals surface area (Å²) in [7, 11) is 0. The molecule has 1 aromatic carbocycles. The Bertz CT molecular complexity index is 547. The van der Waals surface area contributed by atoms with Crippen molar-refractivity contribution in [1.29, 1.82) is 0 Å². The lowest BCUT2D eigenvalue weighted by molar-refractivity contribution is -0.00889. The standard InChI is InChI=1S/C25H40O2/c1-6-8-9-10-11-12-13-14-15-16-21-27-23-19-17-22(18-20-23)25(26,7-2)24(3,4)5/h2,17-20,26H,6,8-16,21H2,1,3-5H3. The molecule has 1 rings (SSSR count). The molecule has 2 heteroatoms. The lowest BCUT2D eigenvalue weighted by atomic mass is 9.73. The number of hydrogen-bond donors (Lipinski definition) is 1. The third-order valence-corrected chi connectivity index (χ3v) is 5.33. The maximum Gasteiger partial charge on any atom is 0.155 e. The predicted octanol–water partition coefficient (Wildman–Crippen LogP) is 6.85. The van der Waals surface area contributed by atoms with E-state index in [2.05, 4.69) is 12.8 Å². The van der Waals surface area contributed by atoms with Crippen LogP contribution in [0.15, 0.2) is 24.3 Å². The molecule has 0 aliphatic heterocycles. The molecule has 1 unspecified atom stereocenters. The quantitative estimate of drug-likeness (QED) is 0.303. The summed E-state index contributed by atoms with van der Waals surface area (Å²) in [6.07, 6.45) is 18.9. The third kappa shape index (κ3) is 7.97. The van der Waals surface area contributed by atoms with Crippen molar-refractivity contribution in [2.24, 2.45) is 5.41 Å². The summed E-state index contributed by atoms with van der Waals surface area (Å²) in [6.45, 7) is 8.85. The van der Waals surface area contributed by atoms with Crippen LogP contribution in [0.3, 0.4) is 0 Å². The van der Waals surface area contributed by atoms with Crippen molar-refractivity contribution in [1.82, 2.24) is 0 Å². The van der Waals surface area contributed by atoms with Crippen LogP contribution in [0.5, 0.6) is 5.75 Å². The van der Waals surface area contributed by atoms with Crippen molar-refractivity contribution in [3.63, 3.8) is 0 Å². The summed E-state index contributed by atoms with van der Waals surface area (Å²) in [5, 5.41) is 10.8. The molecule has 0 saturated carbocycles. The van der Waals surface area contributed by atoms with Crippen molar-refractivity contribution in [3.05, 3.63) is 29.8 Å². The zero-order valence-electron chi connectivity index (χ0n) is 18.0. The van der Waals surface area contributed by atoms with E-state index in [1.165, 1.54) is 57.8 Å². The van der Waals surface area contributed by atoms with Crippen molar-refractivity contribution in [2.75, 3.05) is 6.61 Å². The number of ether oxygens (including phenoxy) is 1. The van der Waals surface area contributed by atoms with Gasteiger partial charge in [0.05, 0.1) is 6.61 Å². The Hall–Kier alpha value is -1.46. The zero-order chi connectivity index (χ0) is 20.2. The van der Waals surface area contributed by atoms with Gasteiger partial charge < -0.3 is 9.84 Å². The van der Waals surface area contributed by atoms with Crippen LogP contribution in [0.4, 0.5) is 0 Å². The largest absolute Gasteiger partial charge is 0.494 e. The highest BCUT2D eigenvalue weighted by atomic mass is 16.5. The van der Waals surface area contributed by atoms with Crippen LogP contribution in [0.1, 0.15) is 97.5 Å². The van der Waals surface area contributed by atoms with Crippen molar-refractivity contribution in [3.8, 4) is 18.1 Å². The predicted molar refractivity (Wildman–Crippen MR) is 116 cm³/mol. The fourth-order valence-electron chi connectivity index (χ4n) is 3.30. The Morgan fingerprint density at radius 2 is 1.33 bits per heavy atom. The highest BCUT2D eigenvalue weighted by Crippen LogP contribution is 2.39. The van der Waals surface area contributed by atoms with E-state index in [1.807, 2.05) is 45.0 Å². The molecular weight excluding hydrogens is 332 g/mol. The molecule has 0 aliphatic carbocycles. The highest BCUT2D eigenvalue weighted by Gasteiger charge is 2.39. The highest BCUT2D eigenvalue weighted by molar-refractivity contribution is 5.37. The molecule has 1 N–H and O–H groups in total. The molecule has 0 heterocycles. The minimum Gasteiger partial charge on any atom is -0.494 e. The van der Waals surface area contributed by atoms with Gasteiger partial charge in [-0.3, -0.25) is 0 Å². The van der Waals surface area contributed by atoms with E-state index in [0.29, 0.717) is 0 Å². The number of rotatable bonds is 13. The number of terminal acetylenes is 1. The summed E-state index contributed by atoms with van der Waals surface area (Å²) in [5.41, 5.74) is -0.967. The minimum absolute atomic E-state index is 0.430. The number of unbranched alkanes of at least 4 members (excludes halogenated alkanes) is 9. The molecule has 2 nitrogen and oxygen atoms in total. The van der Waals surface area contributed by atoms with E-state index in [1.54, 1.807) is 0 Å². The van der Waals surface area contributed by atoms with Crippen molar-refractivity contribution >= 4 is 0 Å². The van der Waals surface area contributed by atoms with E-state index >= 15 is 0 Å². The summed E-state index contributed by atoms with van der Waals surface area (Å²) in [5.74, 6) is 3.40. The third-order valence-electron chi connectivity index (χ3n) is 5.33. The van der Waals surface area contributed by atoms with Crippen LogP contribution in [0.25, 0.3) is 0 Å². The first-order chi connectivity index (χ1) is 12.8. The van der Waals surface area contributed by atoms with E-state index in [0.717, 1.165) is 24.3 Å². The summed E-state index contributed by atoms with van der Waals surface area (Å²) in [4.78, 5) is 0. The molecule has 0 aliphatic rings. The molecule has 0 bridgehead atoms. The SMILES string of the molecule is C#CC(O)(c1ccc(OCCCCCCCCCCCC)cc1)C(C)(C)C. The average molecular weight is 373 g/mol. The lowest BCUT2D eigenvalue weighted by Crippen LogP contribution is -2.38. The van der Waals surface area contributed by atoms with Gasteiger partial charge in [-0.05, 0) is 24.1 Å². The molecule has 152 valence electrons. The molecule has 0 saturated heterocycles. The summed E-state index contributed by atoms with van der Waals surface area (Å²) < 4.78 is 5.83. The van der Waals surface area contributed by atoms with Gasteiger partial charge in [0.2, 0.25) is 0 Å². The molecule has 0 aromatic heterocycles. The van der Waals surface area contributed by atoms with E-state index in [9.17, 15) is 5.11 Å². The second-order valence-corrected chi connectivity index (χ2v) is 8.66. The van der Waals surface area contributed by atoms with E-state index < -0.39 is 11.0 Å². The molecule has 1 atom stereocenters. The Balaban J connectivity index is 2.23. The van der Waals surface area contributed by atoms with E-state index in [-0.39, 0.29) is 0 Å². The van der Waals surface area contributed by atoms with Gasteiger partial charge in [0.15, 0.2) is 5.60 Å². The maximum atomic E-state index is 10.8. The Morgan fingerprint density at radius 3 is 1.78 bits per heavy atom. The first kappa shape index (κ1) is 23.6. The number of benzene rings is 1. The van der Waals surface area contributed by atoms with E-state index in [4.69, 9.17) is 11.2 Å². The normalized spacial score (nSPS) is 13.8. The van der Waals surface area contributed by atoms with Gasteiger partial charge in [-0.25, -0.2) is 0 Å². The van der Waals surface area contributed by atoms with Gasteiger partial charge in [-0.1, -0.05) is 104 Å². The fraction of sp³-hybridized carbons (Fsp3) is 0.680. The van der Waals surface area contributed by atoms with Gasteiger partial charge in [0.25, 0.3) is 0 Å². The van der Waals surface area contributed by atoms with Crippen LogP contribution in [0.2, 0.25) is 0 Å². The molecule has 27 heavy (non-hydrogen) atoms. The van der Waals surface area contributed by atoms with Crippen LogP contribution in [0, 0.1) is 17.8 Å². The number of aliphatic hydroxyl groups is 1. The van der Waals surface area contributed by atoms with Crippen LogP contribution in [-0.2, 0) is 5.60 Å². The summed E-state index contributed by atoms with van der Waals surface area (Å²) >= 11 is 0. The van der Waals surface area contributed by atoms with Gasteiger partial charge in [0, 0.05) is 5.41 Å². The molecule has 0 fully saturated rings. The molecule has 0 spiro atoms. The van der Waals surface area contributed by atoms with Gasteiger partial charge in [0.1, 0.15) is 5.75 Å². The second kappa shape index (κ2) is 12.1. The first-order valence-electron chi connectivity index (χ1n) is 10.8. The Morgan fingerprint density at radius 1 is 0.852 bits per heavy atom. The second-order valence-electron chi connectivity index (χ2n) is 8.66. The molecule has 0 amide bonds. The van der Waals surface area contributed by atoms with Crippen LogP contribution < -0.4 is 4.74 Å². The van der Waals surface area contributed by atoms with Crippen molar-refractivity contribution in [2.45, 2.75) is 97.5 Å². The van der Waals surface area contributed by atoms with Gasteiger partial charge >= 0.3 is 0 Å². The van der Waals surface area contributed by atoms with Crippen molar-refractivity contribution < 1.29 is 9.84 Å². The minimum atomic E-state index is -1.28. The zero-order valence-corrected chi connectivity index (χ0v) is 18.0. The topological polar surface area (TPSA) is 29.5 Å². The van der Waals surface area contributed by atoms with Crippen LogP contribution in [-0.4, -0.2) is 11.7 Å². The molecular formula is C25H40O2.